The quantitative estimate of drug-likeness (QED) is 0.404. The van der Waals surface area contributed by atoms with Crippen molar-refractivity contribution in [3.8, 4) is 0 Å². The highest BCUT2D eigenvalue weighted by molar-refractivity contribution is 5.77. The van der Waals surface area contributed by atoms with E-state index in [2.05, 4.69) is 15.5 Å². The predicted octanol–water partition coefficient (Wildman–Crippen LogP) is -0.788. The van der Waals surface area contributed by atoms with Crippen LogP contribution in [0.1, 0.15) is 6.92 Å². The molecule has 0 unspecified atom stereocenters. The van der Waals surface area contributed by atoms with E-state index in [0.717, 1.165) is 5.12 Å². The molecule has 1 radical (unpaired) electrons. The first-order chi connectivity index (χ1) is 3.30. The molecule has 0 spiro atoms. The van der Waals surface area contributed by atoms with E-state index in [1.807, 2.05) is 0 Å². The zero-order chi connectivity index (χ0) is 5.28. The van der Waals surface area contributed by atoms with Gasteiger partial charge in [-0.1, -0.05) is 0 Å². The minimum absolute atomic E-state index is 0.611. The molecule has 0 amide bonds. The van der Waals surface area contributed by atoms with Crippen molar-refractivity contribution >= 4 is 5.84 Å². The summed E-state index contributed by atoms with van der Waals surface area (Å²) in [5.41, 5.74) is 0. The Morgan fingerprint density at radius 2 is 2.57 bits per heavy atom. The zero-order valence-electron chi connectivity index (χ0n) is 3.87. The average Bonchev–Trinajstić information content (AvgIpc) is 1.91. The van der Waals surface area contributed by atoms with E-state index < -0.39 is 0 Å². The Balaban J connectivity index is 2.69. The van der Waals surface area contributed by atoms with Gasteiger partial charge in [0.1, 0.15) is 5.22 Å². The van der Waals surface area contributed by atoms with Gasteiger partial charge in [-0.2, -0.15) is 5.84 Å². The molecule has 37 valence electrons. The summed E-state index contributed by atoms with van der Waals surface area (Å²) in [7, 11) is 0. The van der Waals surface area contributed by atoms with Gasteiger partial charge in [-0.05, 0) is 5.12 Å². The second-order valence-electron chi connectivity index (χ2n) is 1.17. The maximum Gasteiger partial charge on any atom is 0.315 e. The normalized spacial score (nSPS) is 18.0. The van der Waals surface area contributed by atoms with Gasteiger partial charge < -0.3 is 0 Å². The summed E-state index contributed by atoms with van der Waals surface area (Å²) in [6.45, 7) is 1.72. The molecule has 0 aromatic rings. The van der Waals surface area contributed by atoms with Crippen molar-refractivity contribution < 1.29 is 0 Å². The number of nitrogens with two attached hydrogens (primary N) is 1. The van der Waals surface area contributed by atoms with Gasteiger partial charge in [-0.15, -0.1) is 0 Å². The Bertz CT molecular complexity index is 124. The van der Waals surface area contributed by atoms with Gasteiger partial charge in [0, 0.05) is 12.0 Å². The zero-order valence-corrected chi connectivity index (χ0v) is 3.87. The molecule has 7 heavy (non-hydrogen) atoms. The first-order valence-corrected chi connectivity index (χ1v) is 1.81. The Hall–Kier alpha value is -0.970. The minimum atomic E-state index is 0.611. The first kappa shape index (κ1) is 4.20. The molecule has 0 atom stereocenters. The molecule has 5 nitrogen and oxygen atoms in total. The third-order valence-corrected chi connectivity index (χ3v) is 0.657. The van der Waals surface area contributed by atoms with Crippen LogP contribution in [-0.4, -0.2) is 11.0 Å². The third kappa shape index (κ3) is 0.566. The first-order valence-electron chi connectivity index (χ1n) is 1.81. The topological polar surface area (TPSA) is 68.1 Å². The highest BCUT2D eigenvalue weighted by atomic mass is 15.8. The van der Waals surface area contributed by atoms with Crippen molar-refractivity contribution in [1.29, 1.82) is 0 Å². The lowest BCUT2D eigenvalue weighted by Crippen LogP contribution is -2.28. The van der Waals surface area contributed by atoms with Crippen LogP contribution in [0.15, 0.2) is 10.4 Å². The van der Waals surface area contributed by atoms with Gasteiger partial charge in [0.2, 0.25) is 0 Å². The van der Waals surface area contributed by atoms with Crippen LogP contribution in [-0.2, 0) is 0 Å². The van der Waals surface area contributed by atoms with Crippen LogP contribution >= 0.6 is 0 Å². The smallest absolute Gasteiger partial charge is 0.159 e. The Kier molecular flexibility index (Phi) is 0.759. The summed E-state index contributed by atoms with van der Waals surface area (Å²) in [5, 5.41) is 11.2. The maximum absolute atomic E-state index is 5.12. The molecule has 1 aliphatic rings. The van der Waals surface area contributed by atoms with E-state index >= 15 is 0 Å². The molecule has 1 rings (SSSR count). The van der Waals surface area contributed by atoms with Gasteiger partial charge in [-0.25, -0.2) is 0 Å². The summed E-state index contributed by atoms with van der Waals surface area (Å²) in [6, 6.07) is 0. The van der Waals surface area contributed by atoms with Crippen LogP contribution < -0.4 is 10.9 Å². The molecule has 0 saturated carbocycles. The highest BCUT2D eigenvalue weighted by Gasteiger charge is 2.17. The highest BCUT2D eigenvalue weighted by Crippen LogP contribution is 1.86. The average molecular weight is 99.1 g/mol. The summed E-state index contributed by atoms with van der Waals surface area (Å²) in [5.74, 6) is 5.73. The minimum Gasteiger partial charge on any atom is -0.159 e. The molecule has 2 N–H and O–H groups in total. The standard InChI is InChI=1S/C2H5N5/c1-2-4-5-6-7(2)3/h3H2,1H3/q+1. The second kappa shape index (κ2) is 1.27. The van der Waals surface area contributed by atoms with Crippen molar-refractivity contribution in [2.75, 3.05) is 0 Å². The summed E-state index contributed by atoms with van der Waals surface area (Å²) >= 11 is 0. The van der Waals surface area contributed by atoms with E-state index in [1.165, 1.54) is 0 Å². The molecule has 0 fully saturated rings. The van der Waals surface area contributed by atoms with Crippen molar-refractivity contribution in [2.24, 2.45) is 16.3 Å². The van der Waals surface area contributed by atoms with E-state index in [0.29, 0.717) is 5.84 Å². The third-order valence-electron chi connectivity index (χ3n) is 0.657. The van der Waals surface area contributed by atoms with E-state index in [-0.39, 0.29) is 0 Å². The fourth-order valence-corrected chi connectivity index (χ4v) is 0.238. The van der Waals surface area contributed by atoms with Crippen LogP contribution in [0.3, 0.4) is 0 Å². The maximum atomic E-state index is 5.12. The number of hydrazine groups is 1. The Morgan fingerprint density at radius 1 is 1.86 bits per heavy atom. The van der Waals surface area contributed by atoms with Crippen LogP contribution in [0.4, 0.5) is 0 Å². The van der Waals surface area contributed by atoms with Crippen LogP contribution in [0, 0.1) is 0 Å². The van der Waals surface area contributed by atoms with Crippen molar-refractivity contribution in [1.82, 2.24) is 10.2 Å². The monoisotopic (exact) mass is 99.1 g/mol. The van der Waals surface area contributed by atoms with E-state index in [4.69, 9.17) is 5.84 Å². The van der Waals surface area contributed by atoms with Crippen LogP contribution in [0.25, 0.3) is 0 Å². The molecule has 0 aliphatic carbocycles. The Labute approximate surface area is 40.5 Å². The molecule has 0 bridgehead atoms. The van der Waals surface area contributed by atoms with Gasteiger partial charge >= 0.3 is 5.84 Å². The van der Waals surface area contributed by atoms with Gasteiger partial charge in [0.25, 0.3) is 0 Å². The number of nitrogens with zero attached hydrogens (tertiary/aromatic N) is 4. The van der Waals surface area contributed by atoms with Crippen LogP contribution in [0.2, 0.25) is 0 Å². The number of rotatable bonds is 0. The summed E-state index contributed by atoms with van der Waals surface area (Å²) in [6.07, 6.45) is 0. The molecule has 0 aromatic carbocycles. The SMILES string of the molecule is CC1=[N+]N=NN1N. The number of hydrogen-bond acceptors (Lipinski definition) is 5. The molecular weight excluding hydrogens is 94.1 g/mol. The summed E-state index contributed by atoms with van der Waals surface area (Å²) < 4.78 is 0. The molecule has 5 heteroatoms. The number of hydrogen-bond donors (Lipinski definition) is 1. The van der Waals surface area contributed by atoms with Gasteiger partial charge in [-0.3, -0.25) is 0 Å². The van der Waals surface area contributed by atoms with E-state index in [9.17, 15) is 0 Å². The lowest BCUT2D eigenvalue weighted by atomic mass is 10.7. The fourth-order valence-electron chi connectivity index (χ4n) is 0.238. The van der Waals surface area contributed by atoms with Crippen molar-refractivity contribution in [2.45, 2.75) is 6.92 Å². The molecule has 1 aliphatic heterocycles. The molecular formula is C2H5N5+. The molecule has 0 saturated heterocycles. The Morgan fingerprint density at radius 3 is 2.71 bits per heavy atom. The fraction of sp³-hybridized carbons (Fsp3) is 0.500. The largest absolute Gasteiger partial charge is 0.315 e. The second-order valence-corrected chi connectivity index (χ2v) is 1.17. The number of amidine groups is 1. The molecule has 0 aromatic heterocycles. The lowest BCUT2D eigenvalue weighted by molar-refractivity contribution is 0.457. The lowest BCUT2D eigenvalue weighted by Gasteiger charge is -1.84. The predicted molar refractivity (Wildman–Crippen MR) is 23.7 cm³/mol. The summed E-state index contributed by atoms with van der Waals surface area (Å²) in [4.78, 5) is 0. The van der Waals surface area contributed by atoms with Crippen molar-refractivity contribution in [3.63, 3.8) is 0 Å². The van der Waals surface area contributed by atoms with Gasteiger partial charge in [0.05, 0.1) is 0 Å². The van der Waals surface area contributed by atoms with E-state index in [1.54, 1.807) is 6.92 Å². The van der Waals surface area contributed by atoms with Gasteiger partial charge in [0.15, 0.2) is 5.22 Å². The van der Waals surface area contributed by atoms with Crippen molar-refractivity contribution in [3.05, 3.63) is 0 Å². The van der Waals surface area contributed by atoms with Crippen LogP contribution in [0.5, 0.6) is 0 Å². The molecule has 1 heterocycles.